The summed E-state index contributed by atoms with van der Waals surface area (Å²) in [6.45, 7) is 9.40. The van der Waals surface area contributed by atoms with Crippen molar-refractivity contribution in [3.63, 3.8) is 0 Å². The third-order valence-corrected chi connectivity index (χ3v) is 8.33. The van der Waals surface area contributed by atoms with Crippen LogP contribution in [0.1, 0.15) is 45.1 Å². The summed E-state index contributed by atoms with van der Waals surface area (Å²) in [5.74, 6) is 0.634. The molecule has 1 saturated carbocycles. The monoisotopic (exact) mass is 487 g/mol. The number of fused-ring (bicyclic) bond motifs is 1. The highest BCUT2D eigenvalue weighted by Crippen LogP contribution is 2.35. The van der Waals surface area contributed by atoms with Crippen LogP contribution in [0.15, 0.2) is 48.8 Å². The van der Waals surface area contributed by atoms with Crippen LogP contribution in [0, 0.1) is 5.92 Å². The smallest absolute Gasteiger partial charge is 0.225 e. The fraction of sp³-hybridized carbons (Fsp3) is 0.517. The van der Waals surface area contributed by atoms with Gasteiger partial charge in [-0.25, -0.2) is 4.52 Å². The Morgan fingerprint density at radius 3 is 2.47 bits per heavy atom. The van der Waals surface area contributed by atoms with E-state index in [1.54, 1.807) is 0 Å². The van der Waals surface area contributed by atoms with Crippen molar-refractivity contribution in [1.29, 1.82) is 0 Å². The molecule has 1 aliphatic carbocycles. The van der Waals surface area contributed by atoms with Gasteiger partial charge in [0.15, 0.2) is 0 Å². The Bertz CT molecular complexity index is 1240. The molecular weight excluding hydrogens is 450 g/mol. The molecule has 2 aromatic heterocycles. The van der Waals surface area contributed by atoms with Gasteiger partial charge >= 0.3 is 0 Å². The summed E-state index contributed by atoms with van der Waals surface area (Å²) in [6, 6.07) is 13.1. The molecule has 3 aliphatic rings. The van der Waals surface area contributed by atoms with Crippen LogP contribution in [0.25, 0.3) is 16.6 Å². The number of nitrogens with zero attached hydrogens (tertiary/aromatic N) is 5. The van der Waals surface area contributed by atoms with Crippen LogP contribution in [0.2, 0.25) is 0 Å². The topological polar surface area (TPSA) is 64.3 Å². The van der Waals surface area contributed by atoms with Crippen molar-refractivity contribution in [3.05, 3.63) is 54.4 Å². The number of benzene rings is 1. The number of hydrogen-bond acceptors (Lipinski definition) is 5. The molecule has 0 radical (unpaired) electrons. The summed E-state index contributed by atoms with van der Waals surface area (Å²) in [5.41, 5.74) is 4.69. The van der Waals surface area contributed by atoms with Gasteiger partial charge in [0.05, 0.1) is 11.2 Å². The van der Waals surface area contributed by atoms with Gasteiger partial charge in [0.1, 0.15) is 5.60 Å². The number of aromatic nitrogens is 2. The van der Waals surface area contributed by atoms with Crippen LogP contribution in [-0.2, 0) is 10.4 Å². The summed E-state index contributed by atoms with van der Waals surface area (Å²) in [5, 5.41) is 16.0. The maximum absolute atomic E-state index is 12.4. The summed E-state index contributed by atoms with van der Waals surface area (Å²) in [7, 11) is 0. The summed E-state index contributed by atoms with van der Waals surface area (Å²) >= 11 is 0. The standard InChI is InChI=1S/C29H37N5O2/c1-21(2)33-13-3-11-29(36,20-33)25-8-6-22(7-9-25)24-18-27-26(10-12-30-34(27)19-24)31-14-16-32(17-15-31)28(35)23-4-5-23/h6-10,12,18-19,21,23,36H,3-5,11,13-17,20H2,1-2H3. The number of amides is 1. The number of aliphatic hydroxyl groups is 1. The molecular formula is C29H37N5O2. The number of likely N-dealkylation sites (tertiary alicyclic amines) is 1. The van der Waals surface area contributed by atoms with Crippen LogP contribution < -0.4 is 4.90 Å². The molecule has 3 fully saturated rings. The lowest BCUT2D eigenvalue weighted by Crippen LogP contribution is -2.49. The zero-order chi connectivity index (χ0) is 24.9. The van der Waals surface area contributed by atoms with E-state index < -0.39 is 5.60 Å². The van der Waals surface area contributed by atoms with Gasteiger partial charge < -0.3 is 14.9 Å². The van der Waals surface area contributed by atoms with Gasteiger partial charge in [0.25, 0.3) is 0 Å². The number of piperidine rings is 1. The van der Waals surface area contributed by atoms with Crippen molar-refractivity contribution in [2.75, 3.05) is 44.2 Å². The molecule has 1 atom stereocenters. The molecule has 36 heavy (non-hydrogen) atoms. The molecule has 1 aromatic carbocycles. The summed E-state index contributed by atoms with van der Waals surface area (Å²) < 4.78 is 1.95. The second-order valence-corrected chi connectivity index (χ2v) is 11.1. The van der Waals surface area contributed by atoms with E-state index in [1.165, 1.54) is 0 Å². The Balaban J connectivity index is 1.20. The normalized spacial score (nSPS) is 23.6. The first-order valence-corrected chi connectivity index (χ1v) is 13.5. The number of piperazine rings is 1. The van der Waals surface area contributed by atoms with Gasteiger partial charge in [-0.1, -0.05) is 24.3 Å². The van der Waals surface area contributed by atoms with E-state index >= 15 is 0 Å². The number of anilines is 1. The van der Waals surface area contributed by atoms with Crippen molar-refractivity contribution in [1.82, 2.24) is 19.4 Å². The molecule has 3 aromatic rings. The Labute approximate surface area is 213 Å². The van der Waals surface area contributed by atoms with Crippen LogP contribution in [-0.4, -0.2) is 75.7 Å². The fourth-order valence-corrected chi connectivity index (χ4v) is 5.90. The number of carbonyl (C=O) groups is 1. The molecule has 1 unspecified atom stereocenters. The predicted molar refractivity (Wildman–Crippen MR) is 142 cm³/mol. The van der Waals surface area contributed by atoms with Crippen molar-refractivity contribution >= 4 is 17.1 Å². The number of rotatable bonds is 5. The maximum atomic E-state index is 12.4. The summed E-state index contributed by atoms with van der Waals surface area (Å²) in [6.07, 6.45) is 7.88. The number of hydrogen-bond donors (Lipinski definition) is 1. The molecule has 4 heterocycles. The van der Waals surface area contributed by atoms with Crippen LogP contribution in [0.4, 0.5) is 5.69 Å². The average Bonchev–Trinajstić information content (AvgIpc) is 3.66. The molecule has 1 amide bonds. The first-order valence-electron chi connectivity index (χ1n) is 13.5. The van der Waals surface area contributed by atoms with E-state index in [0.29, 0.717) is 18.5 Å². The number of carbonyl (C=O) groups excluding carboxylic acids is 1. The van der Waals surface area contributed by atoms with E-state index in [0.717, 1.165) is 86.3 Å². The lowest BCUT2D eigenvalue weighted by molar-refractivity contribution is -0.132. The molecule has 0 spiro atoms. The highest BCUT2D eigenvalue weighted by molar-refractivity contribution is 5.82. The highest BCUT2D eigenvalue weighted by Gasteiger charge is 2.36. The van der Waals surface area contributed by atoms with E-state index in [-0.39, 0.29) is 5.92 Å². The largest absolute Gasteiger partial charge is 0.384 e. The zero-order valence-corrected chi connectivity index (χ0v) is 21.4. The minimum atomic E-state index is -0.787. The molecule has 7 nitrogen and oxygen atoms in total. The molecule has 7 heteroatoms. The van der Waals surface area contributed by atoms with Crippen molar-refractivity contribution < 1.29 is 9.90 Å². The zero-order valence-electron chi connectivity index (χ0n) is 21.4. The molecule has 190 valence electrons. The fourth-order valence-electron chi connectivity index (χ4n) is 5.90. The van der Waals surface area contributed by atoms with Gasteiger partial charge in [-0.15, -0.1) is 0 Å². The van der Waals surface area contributed by atoms with E-state index in [4.69, 9.17) is 0 Å². The SMILES string of the molecule is CC(C)N1CCCC(O)(c2ccc(-c3cc4c(N5CCN(C(=O)C6CC6)CC5)ccnn4c3)cc2)C1. The third-order valence-electron chi connectivity index (χ3n) is 8.33. The second kappa shape index (κ2) is 9.20. The molecule has 0 bridgehead atoms. The Kier molecular flexibility index (Phi) is 6.00. The molecule has 2 saturated heterocycles. The van der Waals surface area contributed by atoms with Gasteiger partial charge in [-0.3, -0.25) is 9.69 Å². The van der Waals surface area contributed by atoms with Crippen molar-refractivity contribution in [2.24, 2.45) is 5.92 Å². The van der Waals surface area contributed by atoms with Crippen LogP contribution >= 0.6 is 0 Å². The van der Waals surface area contributed by atoms with Crippen molar-refractivity contribution in [3.8, 4) is 11.1 Å². The first-order chi connectivity index (χ1) is 17.4. The lowest BCUT2D eigenvalue weighted by atomic mass is 9.84. The highest BCUT2D eigenvalue weighted by atomic mass is 16.3. The van der Waals surface area contributed by atoms with Gasteiger partial charge in [0.2, 0.25) is 5.91 Å². The minimum Gasteiger partial charge on any atom is -0.384 e. The quantitative estimate of drug-likeness (QED) is 0.594. The Morgan fingerprint density at radius 2 is 1.78 bits per heavy atom. The molecule has 6 rings (SSSR count). The Hall–Kier alpha value is -2.90. The third kappa shape index (κ3) is 4.39. The van der Waals surface area contributed by atoms with Crippen LogP contribution in [0.5, 0.6) is 0 Å². The van der Waals surface area contributed by atoms with Gasteiger partial charge in [-0.05, 0) is 69.3 Å². The minimum absolute atomic E-state index is 0.289. The Morgan fingerprint density at radius 1 is 1.03 bits per heavy atom. The molecule has 1 N–H and O–H groups in total. The maximum Gasteiger partial charge on any atom is 0.225 e. The van der Waals surface area contributed by atoms with E-state index in [9.17, 15) is 9.90 Å². The van der Waals surface area contributed by atoms with Crippen molar-refractivity contribution in [2.45, 2.75) is 51.2 Å². The first kappa shape index (κ1) is 23.5. The number of β-amino-alcohol motifs (C(OH)–C–C–N with tert-alkyl or cyclic N) is 1. The second-order valence-electron chi connectivity index (χ2n) is 11.1. The predicted octanol–water partition coefficient (Wildman–Crippen LogP) is 3.75. The van der Waals surface area contributed by atoms with Gasteiger partial charge in [0, 0.05) is 62.6 Å². The van der Waals surface area contributed by atoms with E-state index in [2.05, 4.69) is 71.3 Å². The molecule has 2 aliphatic heterocycles. The average molecular weight is 488 g/mol. The van der Waals surface area contributed by atoms with Gasteiger partial charge in [-0.2, -0.15) is 5.10 Å². The summed E-state index contributed by atoms with van der Waals surface area (Å²) in [4.78, 5) is 19.2. The van der Waals surface area contributed by atoms with E-state index in [1.807, 2.05) is 15.6 Å². The lowest BCUT2D eigenvalue weighted by Gasteiger charge is -2.41. The van der Waals surface area contributed by atoms with Crippen LogP contribution in [0.3, 0.4) is 0 Å².